The Morgan fingerprint density at radius 3 is 2.81 bits per heavy atom. The van der Waals surface area contributed by atoms with Crippen molar-refractivity contribution in [2.45, 2.75) is 13.3 Å². The second kappa shape index (κ2) is 4.84. The molecule has 0 saturated carbocycles. The largest absolute Gasteiger partial charge is 0.497 e. The molecule has 1 N–H and O–H groups in total. The number of hydrogen-bond acceptors (Lipinski definition) is 2. The second-order valence-corrected chi connectivity index (χ2v) is 3.96. The lowest BCUT2D eigenvalue weighted by Gasteiger charge is -2.20. The molecule has 0 radical (unpaired) electrons. The first-order valence-corrected chi connectivity index (χ1v) is 5.02. The van der Waals surface area contributed by atoms with Crippen molar-refractivity contribution >= 4 is 5.97 Å². The molecule has 3 heteroatoms. The maximum atomic E-state index is 11.1. The maximum Gasteiger partial charge on any atom is 0.313 e. The predicted molar refractivity (Wildman–Crippen MR) is 62.6 cm³/mol. The fourth-order valence-electron chi connectivity index (χ4n) is 1.44. The molecule has 0 heterocycles. The van der Waals surface area contributed by atoms with Crippen LogP contribution >= 0.6 is 0 Å². The van der Waals surface area contributed by atoms with Crippen LogP contribution < -0.4 is 4.74 Å². The van der Waals surface area contributed by atoms with Gasteiger partial charge in [-0.15, -0.1) is 6.58 Å². The first-order valence-electron chi connectivity index (χ1n) is 5.02. The highest BCUT2D eigenvalue weighted by Crippen LogP contribution is 2.25. The van der Waals surface area contributed by atoms with E-state index in [0.29, 0.717) is 6.42 Å². The highest BCUT2D eigenvalue weighted by molar-refractivity contribution is 5.76. The van der Waals surface area contributed by atoms with Crippen LogP contribution in [-0.2, 0) is 11.2 Å². The number of rotatable bonds is 5. The molecule has 0 aliphatic heterocycles. The van der Waals surface area contributed by atoms with Crippen LogP contribution in [0.1, 0.15) is 12.5 Å². The van der Waals surface area contributed by atoms with E-state index >= 15 is 0 Å². The third-order valence-corrected chi connectivity index (χ3v) is 2.64. The Labute approximate surface area is 95.4 Å². The molecule has 1 aromatic rings. The van der Waals surface area contributed by atoms with Crippen molar-refractivity contribution in [1.29, 1.82) is 0 Å². The summed E-state index contributed by atoms with van der Waals surface area (Å²) in [5.74, 6) is -0.139. The number of methoxy groups -OCH3 is 1. The third kappa shape index (κ3) is 2.63. The molecule has 0 saturated heterocycles. The van der Waals surface area contributed by atoms with Gasteiger partial charge in [-0.1, -0.05) is 18.2 Å². The van der Waals surface area contributed by atoms with E-state index in [-0.39, 0.29) is 0 Å². The molecule has 0 fully saturated rings. The van der Waals surface area contributed by atoms with Crippen molar-refractivity contribution in [2.24, 2.45) is 5.41 Å². The molecule has 1 aromatic carbocycles. The summed E-state index contributed by atoms with van der Waals surface area (Å²) in [5.41, 5.74) is -0.0176. The lowest BCUT2D eigenvalue weighted by atomic mass is 9.84. The van der Waals surface area contributed by atoms with E-state index in [1.807, 2.05) is 24.3 Å². The van der Waals surface area contributed by atoms with E-state index < -0.39 is 11.4 Å². The molecule has 86 valence electrons. The van der Waals surface area contributed by atoms with E-state index in [1.165, 1.54) is 6.08 Å². The summed E-state index contributed by atoms with van der Waals surface area (Å²) in [6.45, 7) is 5.24. The van der Waals surface area contributed by atoms with Gasteiger partial charge in [-0.25, -0.2) is 0 Å². The van der Waals surface area contributed by atoms with Crippen LogP contribution in [0, 0.1) is 5.41 Å². The Morgan fingerprint density at radius 2 is 2.31 bits per heavy atom. The Hall–Kier alpha value is -1.77. The van der Waals surface area contributed by atoms with Crippen molar-refractivity contribution in [3.8, 4) is 5.75 Å². The number of ether oxygens (including phenoxy) is 1. The van der Waals surface area contributed by atoms with E-state index in [2.05, 4.69) is 6.58 Å². The van der Waals surface area contributed by atoms with Gasteiger partial charge < -0.3 is 9.84 Å². The summed E-state index contributed by atoms with van der Waals surface area (Å²) in [6, 6.07) is 7.40. The molecule has 1 atom stereocenters. The number of benzene rings is 1. The summed E-state index contributed by atoms with van der Waals surface area (Å²) < 4.78 is 5.09. The molecule has 16 heavy (non-hydrogen) atoms. The highest BCUT2D eigenvalue weighted by atomic mass is 16.5. The minimum atomic E-state index is -0.938. The molecule has 0 amide bonds. The zero-order valence-electron chi connectivity index (χ0n) is 9.56. The van der Waals surface area contributed by atoms with E-state index in [0.717, 1.165) is 11.3 Å². The number of aliphatic carboxylic acids is 1. The van der Waals surface area contributed by atoms with E-state index in [1.54, 1.807) is 14.0 Å². The van der Waals surface area contributed by atoms with E-state index in [4.69, 9.17) is 9.84 Å². The second-order valence-electron chi connectivity index (χ2n) is 3.96. The topological polar surface area (TPSA) is 46.5 Å². The van der Waals surface area contributed by atoms with Crippen molar-refractivity contribution < 1.29 is 14.6 Å². The quantitative estimate of drug-likeness (QED) is 0.775. The molecule has 1 rings (SSSR count). The highest BCUT2D eigenvalue weighted by Gasteiger charge is 2.29. The van der Waals surface area contributed by atoms with Crippen molar-refractivity contribution in [1.82, 2.24) is 0 Å². The average molecular weight is 220 g/mol. The Balaban J connectivity index is 2.94. The van der Waals surface area contributed by atoms with Gasteiger partial charge in [0.15, 0.2) is 0 Å². The van der Waals surface area contributed by atoms with Crippen LogP contribution in [0.5, 0.6) is 5.75 Å². The monoisotopic (exact) mass is 220 g/mol. The minimum Gasteiger partial charge on any atom is -0.497 e. The fourth-order valence-corrected chi connectivity index (χ4v) is 1.44. The summed E-state index contributed by atoms with van der Waals surface area (Å²) in [5, 5.41) is 9.12. The average Bonchev–Trinajstić information content (AvgIpc) is 2.29. The van der Waals surface area contributed by atoms with E-state index in [9.17, 15) is 4.79 Å². The zero-order valence-corrected chi connectivity index (χ0v) is 9.56. The van der Waals surface area contributed by atoms with Crippen LogP contribution in [0.25, 0.3) is 0 Å². The van der Waals surface area contributed by atoms with Crippen LogP contribution in [0.3, 0.4) is 0 Å². The minimum absolute atomic E-state index is 0.406. The standard InChI is InChI=1S/C13H16O3/c1-4-13(2,12(14)15)9-10-6-5-7-11(8-10)16-3/h4-8H,1,9H2,2-3H3,(H,14,15). The molecule has 1 unspecified atom stereocenters. The normalized spacial score (nSPS) is 13.9. The molecular formula is C13H16O3. The molecule has 0 bridgehead atoms. The number of hydrogen-bond donors (Lipinski definition) is 1. The van der Waals surface area contributed by atoms with Gasteiger partial charge in [-0.3, -0.25) is 4.79 Å². The van der Waals surface area contributed by atoms with Crippen molar-refractivity contribution in [2.75, 3.05) is 7.11 Å². The molecule has 0 aliphatic carbocycles. The van der Waals surface area contributed by atoms with Gasteiger partial charge in [-0.05, 0) is 31.0 Å². The molecule has 3 nitrogen and oxygen atoms in total. The predicted octanol–water partition coefficient (Wildman–Crippen LogP) is 2.51. The summed E-state index contributed by atoms with van der Waals surface area (Å²) in [7, 11) is 1.59. The smallest absolute Gasteiger partial charge is 0.313 e. The van der Waals surface area contributed by atoms with Gasteiger partial charge in [0.05, 0.1) is 12.5 Å². The Morgan fingerprint density at radius 1 is 1.62 bits per heavy atom. The zero-order chi connectivity index (χ0) is 12.2. The van der Waals surface area contributed by atoms with Gasteiger partial charge in [0.2, 0.25) is 0 Å². The number of carboxylic acids is 1. The van der Waals surface area contributed by atoms with Gasteiger partial charge >= 0.3 is 5.97 Å². The lowest BCUT2D eigenvalue weighted by Crippen LogP contribution is -2.27. The van der Waals surface area contributed by atoms with Gasteiger partial charge in [0.1, 0.15) is 5.75 Å². The summed E-state index contributed by atoms with van der Waals surface area (Å²) in [4.78, 5) is 11.1. The molecule has 0 aromatic heterocycles. The fraction of sp³-hybridized carbons (Fsp3) is 0.308. The lowest BCUT2D eigenvalue weighted by molar-refractivity contribution is -0.145. The van der Waals surface area contributed by atoms with Crippen LogP contribution in [0.4, 0.5) is 0 Å². The van der Waals surface area contributed by atoms with Gasteiger partial charge in [0.25, 0.3) is 0 Å². The molecule has 0 aliphatic rings. The van der Waals surface area contributed by atoms with Crippen molar-refractivity contribution in [3.63, 3.8) is 0 Å². The Bertz CT molecular complexity index is 398. The summed E-state index contributed by atoms with van der Waals surface area (Å²) >= 11 is 0. The molecule has 0 spiro atoms. The first kappa shape index (κ1) is 12.3. The van der Waals surface area contributed by atoms with Crippen molar-refractivity contribution in [3.05, 3.63) is 42.5 Å². The van der Waals surface area contributed by atoms with Crippen LogP contribution in [-0.4, -0.2) is 18.2 Å². The van der Waals surface area contributed by atoms with Crippen LogP contribution in [0.15, 0.2) is 36.9 Å². The van der Waals surface area contributed by atoms with Crippen LogP contribution in [0.2, 0.25) is 0 Å². The number of carbonyl (C=O) groups is 1. The van der Waals surface area contributed by atoms with Gasteiger partial charge in [-0.2, -0.15) is 0 Å². The first-order chi connectivity index (χ1) is 7.51. The third-order valence-electron chi connectivity index (χ3n) is 2.64. The maximum absolute atomic E-state index is 11.1. The SMILES string of the molecule is C=CC(C)(Cc1cccc(OC)c1)C(=O)O. The molecular weight excluding hydrogens is 204 g/mol. The summed E-state index contributed by atoms with van der Waals surface area (Å²) in [6.07, 6.45) is 1.87. The number of carboxylic acid groups (broad SMARTS) is 1. The van der Waals surface area contributed by atoms with Gasteiger partial charge in [0, 0.05) is 0 Å². The Kier molecular flexibility index (Phi) is 3.72.